The molecule has 0 bridgehead atoms. The lowest BCUT2D eigenvalue weighted by atomic mass is 10.1. The van der Waals surface area contributed by atoms with E-state index in [1.807, 2.05) is 28.8 Å². The second kappa shape index (κ2) is 7.57. The van der Waals surface area contributed by atoms with Crippen molar-refractivity contribution in [2.24, 2.45) is 0 Å². The molecule has 0 aliphatic heterocycles. The molecule has 0 unspecified atom stereocenters. The zero-order chi connectivity index (χ0) is 19.6. The number of para-hydroxylation sites is 1. The maximum Gasteiger partial charge on any atom is 0.251 e. The Morgan fingerprint density at radius 3 is 2.74 bits per heavy atom. The number of amides is 1. The number of Topliss-reactive ketones (excluding diaryl/α,β-unsaturated/α-hetero) is 1. The molecular formula is C20H22N4O3. The van der Waals surface area contributed by atoms with Crippen LogP contribution in [0.5, 0.6) is 0 Å². The maximum atomic E-state index is 12.6. The summed E-state index contributed by atoms with van der Waals surface area (Å²) < 4.78 is 1.81. The first-order valence-electron chi connectivity index (χ1n) is 8.82. The normalized spacial score (nSPS) is 12.1. The van der Waals surface area contributed by atoms with Gasteiger partial charge in [-0.2, -0.15) is 0 Å². The van der Waals surface area contributed by atoms with Crippen LogP contribution in [0.3, 0.4) is 0 Å². The molecule has 0 saturated heterocycles. The largest absolute Gasteiger partial charge is 0.354 e. The van der Waals surface area contributed by atoms with E-state index in [4.69, 9.17) is 0 Å². The maximum absolute atomic E-state index is 12.6. The summed E-state index contributed by atoms with van der Waals surface area (Å²) in [5, 5.41) is 3.70. The predicted molar refractivity (Wildman–Crippen MR) is 103 cm³/mol. The number of H-pyrrole nitrogens is 1. The van der Waals surface area contributed by atoms with Crippen molar-refractivity contribution in [1.29, 1.82) is 0 Å². The Kier molecular flexibility index (Phi) is 5.21. The Hall–Kier alpha value is -3.22. The Balaban J connectivity index is 1.73. The van der Waals surface area contributed by atoms with Gasteiger partial charge in [-0.05, 0) is 26.8 Å². The highest BCUT2D eigenvalue weighted by Crippen LogP contribution is 2.25. The third kappa shape index (κ3) is 3.97. The minimum atomic E-state index is -0.479. The number of nitrogens with zero attached hydrogens (tertiary/aromatic N) is 2. The minimum absolute atomic E-state index is 0.0352. The number of nitrogens with one attached hydrogen (secondary N) is 2. The van der Waals surface area contributed by atoms with Crippen molar-refractivity contribution in [2.45, 2.75) is 33.2 Å². The molecule has 0 aliphatic rings. The molecule has 3 aromatic rings. The molecule has 7 heteroatoms. The summed E-state index contributed by atoms with van der Waals surface area (Å²) in [4.78, 5) is 42.9. The zero-order valence-electron chi connectivity index (χ0n) is 15.6. The van der Waals surface area contributed by atoms with Gasteiger partial charge in [-0.3, -0.25) is 14.4 Å². The fourth-order valence-electron chi connectivity index (χ4n) is 3.14. The Labute approximate surface area is 156 Å². The van der Waals surface area contributed by atoms with E-state index in [0.717, 1.165) is 10.9 Å². The quantitative estimate of drug-likeness (QED) is 0.653. The van der Waals surface area contributed by atoms with Gasteiger partial charge < -0.3 is 14.9 Å². The van der Waals surface area contributed by atoms with E-state index in [9.17, 15) is 14.4 Å². The molecule has 2 heterocycles. The summed E-state index contributed by atoms with van der Waals surface area (Å²) in [6, 6.07) is 8.48. The number of benzene rings is 1. The molecule has 140 valence electrons. The van der Waals surface area contributed by atoms with Crippen molar-refractivity contribution >= 4 is 22.6 Å². The molecule has 0 spiro atoms. The van der Waals surface area contributed by atoms with Gasteiger partial charge in [0.15, 0.2) is 5.78 Å². The van der Waals surface area contributed by atoms with E-state index < -0.39 is 6.04 Å². The predicted octanol–water partition coefficient (Wildman–Crippen LogP) is 2.16. The van der Waals surface area contributed by atoms with Gasteiger partial charge >= 0.3 is 0 Å². The molecule has 7 nitrogen and oxygen atoms in total. The van der Waals surface area contributed by atoms with E-state index in [-0.39, 0.29) is 17.2 Å². The molecule has 0 fully saturated rings. The minimum Gasteiger partial charge on any atom is -0.354 e. The highest BCUT2D eigenvalue weighted by molar-refractivity contribution is 6.07. The summed E-state index contributed by atoms with van der Waals surface area (Å²) in [7, 11) is 0. The number of hydrogen-bond acceptors (Lipinski definition) is 4. The van der Waals surface area contributed by atoms with Crippen LogP contribution < -0.4 is 10.9 Å². The molecule has 3 rings (SSSR count). The summed E-state index contributed by atoms with van der Waals surface area (Å²) in [6.45, 7) is 5.42. The van der Waals surface area contributed by atoms with E-state index in [1.54, 1.807) is 20.0 Å². The molecule has 0 saturated carbocycles. The highest BCUT2D eigenvalue weighted by atomic mass is 16.2. The number of aromatic nitrogens is 3. The van der Waals surface area contributed by atoms with Crippen LogP contribution in [-0.4, -0.2) is 32.8 Å². The van der Waals surface area contributed by atoms with Crippen molar-refractivity contribution in [3.8, 4) is 0 Å². The first-order chi connectivity index (χ1) is 12.9. The SMILES string of the molecule is CC(=O)c1cn([C@@H](C)C(=O)NCCc2nc(C)cc(=O)[nH]2)c2ccccc12. The Morgan fingerprint density at radius 2 is 2.04 bits per heavy atom. The summed E-state index contributed by atoms with van der Waals surface area (Å²) in [5.74, 6) is 0.339. The molecule has 2 N–H and O–H groups in total. The standard InChI is InChI=1S/C20H22N4O3/c1-12-10-19(26)23-18(22-12)8-9-21-20(27)13(2)24-11-16(14(3)25)15-6-4-5-7-17(15)24/h4-7,10-11,13H,8-9H2,1-3H3,(H,21,27)(H,22,23,26)/t13-/m0/s1. The molecular weight excluding hydrogens is 344 g/mol. The van der Waals surface area contributed by atoms with Crippen LogP contribution in [0.15, 0.2) is 41.3 Å². The number of aromatic amines is 1. The van der Waals surface area contributed by atoms with Gasteiger partial charge in [0.2, 0.25) is 5.91 Å². The summed E-state index contributed by atoms with van der Waals surface area (Å²) >= 11 is 0. The van der Waals surface area contributed by atoms with Gasteiger partial charge in [0, 0.05) is 47.4 Å². The molecule has 27 heavy (non-hydrogen) atoms. The van der Waals surface area contributed by atoms with Crippen LogP contribution in [0.25, 0.3) is 10.9 Å². The Morgan fingerprint density at radius 1 is 1.30 bits per heavy atom. The van der Waals surface area contributed by atoms with Gasteiger partial charge in [-0.25, -0.2) is 4.98 Å². The van der Waals surface area contributed by atoms with Crippen molar-refractivity contribution in [3.05, 3.63) is 64.0 Å². The zero-order valence-corrected chi connectivity index (χ0v) is 15.6. The molecule has 1 amide bonds. The number of aryl methyl sites for hydroxylation is 1. The number of rotatable bonds is 6. The third-order valence-electron chi connectivity index (χ3n) is 4.50. The fraction of sp³-hybridized carbons (Fsp3) is 0.300. The number of hydrogen-bond donors (Lipinski definition) is 2. The van der Waals surface area contributed by atoms with Crippen LogP contribution in [0.1, 0.15) is 41.8 Å². The van der Waals surface area contributed by atoms with E-state index in [2.05, 4.69) is 15.3 Å². The van der Waals surface area contributed by atoms with Gasteiger partial charge in [0.1, 0.15) is 11.9 Å². The van der Waals surface area contributed by atoms with Crippen LogP contribution in [-0.2, 0) is 11.2 Å². The topological polar surface area (TPSA) is 96.8 Å². The van der Waals surface area contributed by atoms with Gasteiger partial charge in [-0.15, -0.1) is 0 Å². The highest BCUT2D eigenvalue weighted by Gasteiger charge is 2.19. The molecule has 0 aliphatic carbocycles. The number of fused-ring (bicyclic) bond motifs is 1. The van der Waals surface area contributed by atoms with E-state index in [0.29, 0.717) is 30.0 Å². The lowest BCUT2D eigenvalue weighted by Gasteiger charge is -2.15. The third-order valence-corrected chi connectivity index (χ3v) is 4.50. The van der Waals surface area contributed by atoms with E-state index in [1.165, 1.54) is 13.0 Å². The second-order valence-electron chi connectivity index (χ2n) is 6.57. The lowest BCUT2D eigenvalue weighted by Crippen LogP contribution is -2.32. The second-order valence-corrected chi connectivity index (χ2v) is 6.57. The molecule has 0 radical (unpaired) electrons. The Bertz CT molecular complexity index is 1060. The molecule has 1 aromatic carbocycles. The van der Waals surface area contributed by atoms with Crippen LogP contribution in [0, 0.1) is 6.92 Å². The smallest absolute Gasteiger partial charge is 0.251 e. The first kappa shape index (κ1) is 18.6. The van der Waals surface area contributed by atoms with Crippen LogP contribution in [0.2, 0.25) is 0 Å². The average molecular weight is 366 g/mol. The van der Waals surface area contributed by atoms with Crippen molar-refractivity contribution in [2.75, 3.05) is 6.54 Å². The number of carbonyl (C=O) groups is 2. The van der Waals surface area contributed by atoms with Crippen LogP contribution in [0.4, 0.5) is 0 Å². The van der Waals surface area contributed by atoms with Gasteiger partial charge in [0.25, 0.3) is 5.56 Å². The van der Waals surface area contributed by atoms with Crippen LogP contribution >= 0.6 is 0 Å². The first-order valence-corrected chi connectivity index (χ1v) is 8.82. The lowest BCUT2D eigenvalue weighted by molar-refractivity contribution is -0.123. The van der Waals surface area contributed by atoms with Gasteiger partial charge in [0.05, 0.1) is 0 Å². The van der Waals surface area contributed by atoms with Crippen molar-refractivity contribution in [1.82, 2.24) is 19.9 Å². The number of ketones is 1. The monoisotopic (exact) mass is 366 g/mol. The summed E-state index contributed by atoms with van der Waals surface area (Å²) in [6.07, 6.45) is 2.16. The fourth-order valence-corrected chi connectivity index (χ4v) is 3.14. The molecule has 2 aromatic heterocycles. The van der Waals surface area contributed by atoms with E-state index >= 15 is 0 Å². The van der Waals surface area contributed by atoms with Crippen molar-refractivity contribution < 1.29 is 9.59 Å². The van der Waals surface area contributed by atoms with Gasteiger partial charge in [-0.1, -0.05) is 18.2 Å². The average Bonchev–Trinajstić information content (AvgIpc) is 3.00. The molecule has 1 atom stereocenters. The number of carbonyl (C=O) groups excluding carboxylic acids is 2. The van der Waals surface area contributed by atoms with Crippen molar-refractivity contribution in [3.63, 3.8) is 0 Å². The summed E-state index contributed by atoms with van der Waals surface area (Å²) in [5.41, 5.74) is 1.89.